The van der Waals surface area contributed by atoms with Crippen molar-refractivity contribution in [1.82, 2.24) is 15.5 Å². The molecule has 7 nitrogen and oxygen atoms in total. The average Bonchev–Trinajstić information content (AvgIpc) is 2.59. The fraction of sp³-hybridized carbons (Fsp3) is 0.526. The first kappa shape index (κ1) is 21.6. The Morgan fingerprint density at radius 3 is 2.27 bits per heavy atom. The highest BCUT2D eigenvalue weighted by molar-refractivity contribution is 5.93. The van der Waals surface area contributed by atoms with Crippen molar-refractivity contribution in [3.63, 3.8) is 0 Å². The average molecular weight is 363 g/mol. The summed E-state index contributed by atoms with van der Waals surface area (Å²) in [6.45, 7) is 4.67. The summed E-state index contributed by atoms with van der Waals surface area (Å²) in [7, 11) is 4.72. The predicted molar refractivity (Wildman–Crippen MR) is 99.6 cm³/mol. The molecule has 1 aromatic rings. The molecule has 0 spiro atoms. The van der Waals surface area contributed by atoms with Crippen LogP contribution in [0.25, 0.3) is 0 Å². The molecule has 0 unspecified atom stereocenters. The molecule has 2 amide bonds. The summed E-state index contributed by atoms with van der Waals surface area (Å²) in [5.74, 6) is -0.538. The first-order chi connectivity index (χ1) is 12.3. The number of hydrogen-bond donors (Lipinski definition) is 2. The number of benzene rings is 1. The zero-order chi connectivity index (χ0) is 19.7. The number of carbonyl (C=O) groups excluding carboxylic acids is 3. The van der Waals surface area contributed by atoms with Crippen LogP contribution in [0.15, 0.2) is 24.3 Å². The van der Waals surface area contributed by atoms with Gasteiger partial charge in [-0.25, -0.2) is 4.79 Å². The molecule has 0 radical (unpaired) electrons. The highest BCUT2D eigenvalue weighted by Gasteiger charge is 2.23. The second-order valence-electron chi connectivity index (χ2n) is 6.72. The molecule has 0 saturated heterocycles. The third kappa shape index (κ3) is 7.23. The fourth-order valence-corrected chi connectivity index (χ4v) is 2.59. The van der Waals surface area contributed by atoms with E-state index in [0.29, 0.717) is 18.5 Å². The van der Waals surface area contributed by atoms with Gasteiger partial charge < -0.3 is 15.4 Å². The zero-order valence-electron chi connectivity index (χ0n) is 16.2. The minimum atomic E-state index is -0.632. The molecule has 26 heavy (non-hydrogen) atoms. The van der Waals surface area contributed by atoms with Crippen LogP contribution in [0.1, 0.15) is 36.2 Å². The number of methoxy groups -OCH3 is 1. The van der Waals surface area contributed by atoms with E-state index < -0.39 is 12.0 Å². The highest BCUT2D eigenvalue weighted by Crippen LogP contribution is 2.08. The minimum Gasteiger partial charge on any atom is -0.467 e. The molecule has 0 aromatic heterocycles. The van der Waals surface area contributed by atoms with E-state index in [1.165, 1.54) is 7.11 Å². The smallest absolute Gasteiger partial charge is 0.328 e. The first-order valence-electron chi connectivity index (χ1n) is 8.63. The lowest BCUT2D eigenvalue weighted by atomic mass is 10.0. The molecule has 0 aliphatic carbocycles. The minimum absolute atomic E-state index is 0.136. The molecule has 2 N–H and O–H groups in total. The Morgan fingerprint density at radius 2 is 1.77 bits per heavy atom. The quantitative estimate of drug-likeness (QED) is 0.644. The van der Waals surface area contributed by atoms with Crippen molar-refractivity contribution >= 4 is 17.8 Å². The van der Waals surface area contributed by atoms with Crippen LogP contribution < -0.4 is 10.6 Å². The summed E-state index contributed by atoms with van der Waals surface area (Å²) in [6, 6.07) is 6.58. The number of amides is 2. The van der Waals surface area contributed by atoms with E-state index in [1.54, 1.807) is 19.2 Å². The Kier molecular flexibility index (Phi) is 8.78. The van der Waals surface area contributed by atoms with Crippen LogP contribution in [0, 0.1) is 5.92 Å². The third-order valence-electron chi connectivity index (χ3n) is 3.84. The summed E-state index contributed by atoms with van der Waals surface area (Å²) < 4.78 is 4.75. The number of hydrogen-bond acceptors (Lipinski definition) is 5. The number of carbonyl (C=O) groups is 3. The maximum atomic E-state index is 12.2. The standard InChI is InChI=1S/C19H29N3O4/c1-13(2)10-16(19(25)26-5)21-17(23)12-22(4)11-14-6-8-15(9-7-14)18(24)20-3/h6-9,13,16H,10-12H2,1-5H3,(H,20,24)(H,21,23)/t16-/m0/s1. The summed E-state index contributed by atoms with van der Waals surface area (Å²) in [4.78, 5) is 37.4. The van der Waals surface area contributed by atoms with Gasteiger partial charge in [0.1, 0.15) is 6.04 Å². The number of esters is 1. The normalized spacial score (nSPS) is 12.0. The van der Waals surface area contributed by atoms with Gasteiger partial charge in [-0.15, -0.1) is 0 Å². The summed E-state index contributed by atoms with van der Waals surface area (Å²) >= 11 is 0. The van der Waals surface area contributed by atoms with Crippen molar-refractivity contribution in [2.24, 2.45) is 5.92 Å². The van der Waals surface area contributed by atoms with Crippen LogP contribution in [0.2, 0.25) is 0 Å². The van der Waals surface area contributed by atoms with Crippen LogP contribution >= 0.6 is 0 Å². The first-order valence-corrected chi connectivity index (χ1v) is 8.63. The largest absolute Gasteiger partial charge is 0.467 e. The van der Waals surface area contributed by atoms with Gasteiger partial charge in [0.2, 0.25) is 5.91 Å². The van der Waals surface area contributed by atoms with Crippen molar-refractivity contribution < 1.29 is 19.1 Å². The van der Waals surface area contributed by atoms with E-state index in [4.69, 9.17) is 4.74 Å². The summed E-state index contributed by atoms with van der Waals surface area (Å²) in [6.07, 6.45) is 0.531. The van der Waals surface area contributed by atoms with E-state index in [0.717, 1.165) is 5.56 Å². The van der Waals surface area contributed by atoms with Crippen molar-refractivity contribution in [2.45, 2.75) is 32.9 Å². The van der Waals surface area contributed by atoms with Gasteiger partial charge in [0, 0.05) is 19.2 Å². The predicted octanol–water partition coefficient (Wildman–Crippen LogP) is 1.18. The Bertz CT molecular complexity index is 614. The summed E-state index contributed by atoms with van der Waals surface area (Å²) in [5.41, 5.74) is 1.57. The van der Waals surface area contributed by atoms with Gasteiger partial charge in [0.15, 0.2) is 0 Å². The number of ether oxygens (including phenoxy) is 1. The van der Waals surface area contributed by atoms with Gasteiger partial charge in [0.25, 0.3) is 5.91 Å². The van der Waals surface area contributed by atoms with Gasteiger partial charge >= 0.3 is 5.97 Å². The van der Waals surface area contributed by atoms with Crippen molar-refractivity contribution in [2.75, 3.05) is 27.7 Å². The molecular formula is C19H29N3O4. The van der Waals surface area contributed by atoms with E-state index >= 15 is 0 Å². The van der Waals surface area contributed by atoms with Crippen LogP contribution in [0.3, 0.4) is 0 Å². The summed E-state index contributed by atoms with van der Waals surface area (Å²) in [5, 5.41) is 5.31. The van der Waals surface area contributed by atoms with E-state index in [-0.39, 0.29) is 24.3 Å². The molecule has 0 aliphatic rings. The maximum Gasteiger partial charge on any atom is 0.328 e. The van der Waals surface area contributed by atoms with Crippen LogP contribution in [0.4, 0.5) is 0 Å². The second kappa shape index (κ2) is 10.6. The Balaban J connectivity index is 2.57. The monoisotopic (exact) mass is 363 g/mol. The molecule has 0 aliphatic heterocycles. The lowest BCUT2D eigenvalue weighted by Crippen LogP contribution is -2.45. The van der Waals surface area contributed by atoms with Crippen LogP contribution in [-0.2, 0) is 20.9 Å². The van der Waals surface area contributed by atoms with Crippen molar-refractivity contribution in [1.29, 1.82) is 0 Å². The molecule has 0 saturated carbocycles. The van der Waals surface area contributed by atoms with Gasteiger partial charge in [0.05, 0.1) is 13.7 Å². The molecule has 144 valence electrons. The highest BCUT2D eigenvalue weighted by atomic mass is 16.5. The van der Waals surface area contributed by atoms with Gasteiger partial charge in [-0.05, 0) is 37.1 Å². The van der Waals surface area contributed by atoms with Crippen molar-refractivity contribution in [3.05, 3.63) is 35.4 Å². The maximum absolute atomic E-state index is 12.2. The molecule has 0 heterocycles. The Labute approximate surface area is 155 Å². The SMILES string of the molecule is CNC(=O)c1ccc(CN(C)CC(=O)N[C@@H](CC(C)C)C(=O)OC)cc1. The molecule has 1 rings (SSSR count). The van der Waals surface area contributed by atoms with Crippen molar-refractivity contribution in [3.8, 4) is 0 Å². The second-order valence-corrected chi connectivity index (χ2v) is 6.72. The lowest BCUT2D eigenvalue weighted by molar-refractivity contribution is -0.145. The lowest BCUT2D eigenvalue weighted by Gasteiger charge is -2.21. The number of likely N-dealkylation sites (N-methyl/N-ethyl adjacent to an activating group) is 1. The Hall–Kier alpha value is -2.41. The molecule has 1 aromatic carbocycles. The number of rotatable bonds is 9. The van der Waals surface area contributed by atoms with E-state index in [2.05, 4.69) is 10.6 Å². The van der Waals surface area contributed by atoms with Gasteiger partial charge in [-0.2, -0.15) is 0 Å². The molecule has 0 fully saturated rings. The Morgan fingerprint density at radius 1 is 1.15 bits per heavy atom. The molecule has 1 atom stereocenters. The van der Waals surface area contributed by atoms with Crippen LogP contribution in [0.5, 0.6) is 0 Å². The number of nitrogens with zero attached hydrogens (tertiary/aromatic N) is 1. The van der Waals surface area contributed by atoms with Gasteiger partial charge in [-0.1, -0.05) is 26.0 Å². The zero-order valence-corrected chi connectivity index (χ0v) is 16.2. The third-order valence-corrected chi connectivity index (χ3v) is 3.84. The number of nitrogens with one attached hydrogen (secondary N) is 2. The molecule has 0 bridgehead atoms. The molecular weight excluding hydrogens is 334 g/mol. The fourth-order valence-electron chi connectivity index (χ4n) is 2.59. The molecule has 7 heteroatoms. The van der Waals surface area contributed by atoms with E-state index in [1.807, 2.05) is 37.9 Å². The van der Waals surface area contributed by atoms with Gasteiger partial charge in [-0.3, -0.25) is 14.5 Å². The topological polar surface area (TPSA) is 87.7 Å². The van der Waals surface area contributed by atoms with E-state index in [9.17, 15) is 14.4 Å². The van der Waals surface area contributed by atoms with Crippen LogP contribution in [-0.4, -0.2) is 56.5 Å².